The van der Waals surface area contributed by atoms with Crippen LogP contribution in [0.2, 0.25) is 0 Å². The minimum Gasteiger partial charge on any atom is -0.466 e. The van der Waals surface area contributed by atoms with Gasteiger partial charge < -0.3 is 34.0 Å². The molecule has 97 heavy (non-hydrogen) atoms. The van der Waals surface area contributed by atoms with Crippen LogP contribution in [0.1, 0.15) is 116 Å². The number of hydrogen-bond donors (Lipinski definition) is 1. The van der Waals surface area contributed by atoms with Gasteiger partial charge in [-0.15, -0.1) is 0 Å². The number of aromatic nitrogens is 6. The van der Waals surface area contributed by atoms with Crippen LogP contribution >= 0.6 is 0 Å². The van der Waals surface area contributed by atoms with E-state index < -0.39 is 11.1 Å². The van der Waals surface area contributed by atoms with Crippen molar-refractivity contribution >= 4 is 24.1 Å². The third-order valence-electron chi connectivity index (χ3n) is 18.2. The molecule has 0 aliphatic carbocycles. The van der Waals surface area contributed by atoms with Crippen molar-refractivity contribution in [3.8, 4) is 0 Å². The fourth-order valence-electron chi connectivity index (χ4n) is 13.3. The van der Waals surface area contributed by atoms with Gasteiger partial charge in [0.05, 0.1) is 56.5 Å². The minimum absolute atomic E-state index is 0.0604. The maximum absolute atomic E-state index is 12.9. The Kier molecular flexibility index (Phi) is 22.6. The molecule has 2 saturated heterocycles. The number of carbonyl (C=O) groups excluding carboxylic acids is 4. The molecule has 14 heteroatoms. The zero-order chi connectivity index (χ0) is 67.2. The Morgan fingerprint density at radius 1 is 0.515 bits per heavy atom. The predicted octanol–water partition coefficient (Wildman–Crippen LogP) is 14.4. The van der Waals surface area contributed by atoms with Gasteiger partial charge >= 0.3 is 5.97 Å². The van der Waals surface area contributed by atoms with Crippen molar-refractivity contribution < 1.29 is 23.9 Å². The lowest BCUT2D eigenvalue weighted by Crippen LogP contribution is -2.37. The van der Waals surface area contributed by atoms with Gasteiger partial charge in [0.1, 0.15) is 16.8 Å². The number of imidazole rings is 3. The fourth-order valence-corrected chi connectivity index (χ4v) is 13.3. The van der Waals surface area contributed by atoms with E-state index in [9.17, 15) is 19.2 Å². The maximum atomic E-state index is 12.9. The fraction of sp³-hybridized carbons (Fsp3) is 0.193. The van der Waals surface area contributed by atoms with Crippen LogP contribution in [-0.4, -0.2) is 88.8 Å². The number of ether oxygens (including phenoxy) is 1. The van der Waals surface area contributed by atoms with E-state index in [2.05, 4.69) is 154 Å². The van der Waals surface area contributed by atoms with E-state index in [1.165, 1.54) is 11.1 Å². The molecule has 2 amide bonds. The standard InChI is InChI=1S/C33H29N3O.C23H18N2O.C15H17N3O.C12H17NO2/c37-32-21-27(26-13-5-1-6-14-26)22-35(32)23-31-24-36(25-34-31)33(28-15-7-2-8-16-28,29-17-9-3-10-18-29)30-19-11-4-12-20-30;26-17-22-16-25(18-24-22)23(19-10-4-1-5-11-19,20-12-6-2-7-13-20)21-14-8-3-9-15-21;1-17-11-16-8-14(17)10-18-9-13(7-15(18)19)12-5-3-2-4-6-12;1-2-15-12(14)8-11(9-13)10-6-4-3-5-7-10/h1-20,24-25,27H,21-23H2;1-18H;2-6,8,11,13H,7,9-10H2,1H3;3-7,11H,2,8-9,13H2,1H3. The van der Waals surface area contributed by atoms with E-state index in [0.717, 1.165) is 69.7 Å². The summed E-state index contributed by atoms with van der Waals surface area (Å²) in [7, 11) is 1.96. The van der Waals surface area contributed by atoms with Crippen molar-refractivity contribution in [3.05, 3.63) is 378 Å². The van der Waals surface area contributed by atoms with Gasteiger partial charge in [-0.05, 0) is 63.5 Å². The number of carbonyl (C=O) groups is 4. The van der Waals surface area contributed by atoms with E-state index in [0.29, 0.717) is 57.1 Å². The number of amides is 2. The Bertz CT molecular complexity index is 4190. The lowest BCUT2D eigenvalue weighted by Gasteiger charge is -2.37. The van der Waals surface area contributed by atoms with Crippen LogP contribution in [0.25, 0.3) is 0 Å². The van der Waals surface area contributed by atoms with Gasteiger partial charge in [-0.25, -0.2) is 15.0 Å². The minimum atomic E-state index is -0.613. The third-order valence-corrected chi connectivity index (χ3v) is 18.2. The summed E-state index contributed by atoms with van der Waals surface area (Å²) in [6.45, 7) is 5.36. The van der Waals surface area contributed by atoms with Crippen molar-refractivity contribution in [1.29, 1.82) is 0 Å². The highest BCUT2D eigenvalue weighted by atomic mass is 16.5. The van der Waals surface area contributed by atoms with E-state index in [4.69, 9.17) is 15.5 Å². The number of aldehydes is 1. The summed E-state index contributed by atoms with van der Waals surface area (Å²) in [5, 5.41) is 0. The highest BCUT2D eigenvalue weighted by Crippen LogP contribution is 2.43. The van der Waals surface area contributed by atoms with Crippen LogP contribution in [0.3, 0.4) is 0 Å². The SMILES string of the molecule is CCOC(=O)CC(CN)c1ccccc1.Cn1cncc1CN1CC(c2ccccc2)CC1=O.O=C1CC(c2ccccc2)CN1Cc1cn(C(c2ccccc2)(c2ccccc2)c2ccccc2)cn1.O=Cc1cn(C(c2ccccc2)(c2ccccc2)c2ccccc2)cn1. The number of hydrogen-bond acceptors (Lipinski definition) is 9. The maximum Gasteiger partial charge on any atom is 0.306 e. The van der Waals surface area contributed by atoms with E-state index in [1.54, 1.807) is 25.8 Å². The normalized spacial score (nSPS) is 14.6. The first-order chi connectivity index (χ1) is 47.6. The van der Waals surface area contributed by atoms with Gasteiger partial charge in [-0.3, -0.25) is 19.2 Å². The number of nitrogens with zero attached hydrogens (tertiary/aromatic N) is 8. The van der Waals surface area contributed by atoms with Crippen LogP contribution in [0, 0.1) is 0 Å². The van der Waals surface area contributed by atoms with E-state index in [1.807, 2.05) is 178 Å². The number of esters is 1. The van der Waals surface area contributed by atoms with Crippen molar-refractivity contribution in [2.75, 3.05) is 26.2 Å². The lowest BCUT2D eigenvalue weighted by atomic mass is 9.77. The van der Waals surface area contributed by atoms with Gasteiger partial charge in [0.25, 0.3) is 0 Å². The second-order valence-electron chi connectivity index (χ2n) is 24.2. The molecule has 0 bridgehead atoms. The molecule has 3 atom stereocenters. The predicted molar refractivity (Wildman–Crippen MR) is 380 cm³/mol. The highest BCUT2D eigenvalue weighted by molar-refractivity contribution is 5.80. The molecular formula is C83H81N9O5. The van der Waals surface area contributed by atoms with Crippen LogP contribution in [0.4, 0.5) is 0 Å². The van der Waals surface area contributed by atoms with Gasteiger partial charge in [0.2, 0.25) is 11.8 Å². The van der Waals surface area contributed by atoms with Crippen molar-refractivity contribution in [2.45, 2.75) is 68.1 Å². The number of nitrogens with two attached hydrogens (primary N) is 1. The molecule has 2 N–H and O–H groups in total. The number of aryl methyl sites for hydroxylation is 1. The Balaban J connectivity index is 0.000000139. The number of likely N-dealkylation sites (tertiary alicyclic amines) is 2. The van der Waals surface area contributed by atoms with Crippen LogP contribution in [-0.2, 0) is 50.3 Å². The van der Waals surface area contributed by atoms with Crippen LogP contribution < -0.4 is 5.73 Å². The average Bonchev–Trinajstić information content (AvgIpc) is 1.73. The first-order valence-corrected chi connectivity index (χ1v) is 33.0. The molecule has 14 rings (SSSR count). The topological polar surface area (TPSA) is 163 Å². The second kappa shape index (κ2) is 32.7. The van der Waals surface area contributed by atoms with Gasteiger partial charge in [0.15, 0.2) is 6.29 Å². The molecule has 9 aromatic carbocycles. The first kappa shape index (κ1) is 67.1. The summed E-state index contributed by atoms with van der Waals surface area (Å²) >= 11 is 0. The molecule has 2 aliphatic heterocycles. The summed E-state index contributed by atoms with van der Waals surface area (Å²) in [6, 6.07) is 93.0. The van der Waals surface area contributed by atoms with Gasteiger partial charge in [0, 0.05) is 69.3 Å². The molecule has 5 heterocycles. The average molecular weight is 1280 g/mol. The molecule has 0 radical (unpaired) electrons. The molecule has 3 aromatic heterocycles. The van der Waals surface area contributed by atoms with Gasteiger partial charge in [-0.1, -0.05) is 273 Å². The quantitative estimate of drug-likeness (QED) is 0.0444. The molecule has 2 aliphatic rings. The zero-order valence-electron chi connectivity index (χ0n) is 54.8. The van der Waals surface area contributed by atoms with Crippen LogP contribution in [0.15, 0.2) is 311 Å². The summed E-state index contributed by atoms with van der Waals surface area (Å²) in [5.74, 6) is 0.843. The number of rotatable bonds is 20. The van der Waals surface area contributed by atoms with Crippen molar-refractivity contribution in [1.82, 2.24) is 38.5 Å². The number of benzene rings is 9. The third kappa shape index (κ3) is 15.7. The summed E-state index contributed by atoms with van der Waals surface area (Å²) in [4.78, 5) is 64.7. The zero-order valence-corrected chi connectivity index (χ0v) is 54.8. The lowest BCUT2D eigenvalue weighted by molar-refractivity contribution is -0.143. The highest BCUT2D eigenvalue weighted by Gasteiger charge is 2.41. The largest absolute Gasteiger partial charge is 0.466 e. The van der Waals surface area contributed by atoms with Crippen LogP contribution in [0.5, 0.6) is 0 Å². The Labute approximate surface area is 568 Å². The van der Waals surface area contributed by atoms with Crippen molar-refractivity contribution in [2.24, 2.45) is 12.8 Å². The smallest absolute Gasteiger partial charge is 0.306 e. The molecule has 2 fully saturated rings. The van der Waals surface area contributed by atoms with E-state index in [-0.39, 0.29) is 29.6 Å². The molecule has 0 saturated carbocycles. The summed E-state index contributed by atoms with van der Waals surface area (Å²) in [6.07, 6.45) is 13.4. The molecule has 14 nitrogen and oxygen atoms in total. The van der Waals surface area contributed by atoms with E-state index >= 15 is 0 Å². The second-order valence-corrected chi connectivity index (χ2v) is 24.2. The van der Waals surface area contributed by atoms with Crippen molar-refractivity contribution in [3.63, 3.8) is 0 Å². The monoisotopic (exact) mass is 1280 g/mol. The van der Waals surface area contributed by atoms with Gasteiger partial charge in [-0.2, -0.15) is 0 Å². The Morgan fingerprint density at radius 2 is 0.887 bits per heavy atom. The Hall–Kier alpha value is -11.4. The molecule has 0 spiro atoms. The molecule has 12 aromatic rings. The molecule has 488 valence electrons. The summed E-state index contributed by atoms with van der Waals surface area (Å²) in [5.41, 5.74) is 17.1. The molecule has 3 unspecified atom stereocenters. The first-order valence-electron chi connectivity index (χ1n) is 33.0. The Morgan fingerprint density at radius 3 is 1.25 bits per heavy atom. The summed E-state index contributed by atoms with van der Waals surface area (Å²) < 4.78 is 11.1. The molecular weight excluding hydrogens is 1200 g/mol.